The minimum Gasteiger partial charge on any atom is -0.372 e. The molecule has 1 heterocycles. The lowest BCUT2D eigenvalue weighted by atomic mass is 9.98. The Hall–Kier alpha value is -1.65. The standard InChI is InChI=1S/C23H29ClN2OS/c1-17-10-12-26(13-11-17)22-8-6-20(7-9-22)18(2)25-23(27)16-28-15-19-4-3-5-21(24)14-19/h3-9,14,17-18H,10-13,15-16H2,1-2H3,(H,25,27)/t18-/m1/s1. The number of piperidine rings is 1. The Morgan fingerprint density at radius 2 is 1.93 bits per heavy atom. The van der Waals surface area contributed by atoms with Crippen LogP contribution in [0.15, 0.2) is 48.5 Å². The number of rotatable bonds is 7. The molecule has 150 valence electrons. The van der Waals surface area contributed by atoms with Gasteiger partial charge in [0.25, 0.3) is 0 Å². The van der Waals surface area contributed by atoms with Crippen LogP contribution >= 0.6 is 23.4 Å². The molecule has 1 aliphatic rings. The number of nitrogens with one attached hydrogen (secondary N) is 1. The molecular weight excluding hydrogens is 388 g/mol. The van der Waals surface area contributed by atoms with Crippen LogP contribution in [0.1, 0.15) is 43.9 Å². The van der Waals surface area contributed by atoms with Gasteiger partial charge in [0.1, 0.15) is 0 Å². The molecule has 3 rings (SSSR count). The zero-order valence-electron chi connectivity index (χ0n) is 16.7. The third-order valence-corrected chi connectivity index (χ3v) is 6.55. The van der Waals surface area contributed by atoms with Gasteiger partial charge in [-0.2, -0.15) is 0 Å². The lowest BCUT2D eigenvalue weighted by Gasteiger charge is -2.32. The van der Waals surface area contributed by atoms with E-state index in [4.69, 9.17) is 11.6 Å². The SMILES string of the molecule is CC1CCN(c2ccc([C@@H](C)NC(=O)CSCc3cccc(Cl)c3)cc2)CC1. The van der Waals surface area contributed by atoms with Crippen LogP contribution in [-0.4, -0.2) is 24.7 Å². The predicted molar refractivity (Wildman–Crippen MR) is 121 cm³/mol. The summed E-state index contributed by atoms with van der Waals surface area (Å²) in [6, 6.07) is 16.4. The van der Waals surface area contributed by atoms with Gasteiger partial charge in [0.15, 0.2) is 0 Å². The van der Waals surface area contributed by atoms with E-state index in [9.17, 15) is 4.79 Å². The summed E-state index contributed by atoms with van der Waals surface area (Å²) >= 11 is 7.60. The molecular formula is C23H29ClN2OS. The lowest BCUT2D eigenvalue weighted by molar-refractivity contribution is -0.119. The van der Waals surface area contributed by atoms with Gasteiger partial charge < -0.3 is 10.2 Å². The number of thioether (sulfide) groups is 1. The average molecular weight is 417 g/mol. The van der Waals surface area contributed by atoms with E-state index < -0.39 is 0 Å². The van der Waals surface area contributed by atoms with Crippen molar-refractivity contribution >= 4 is 35.0 Å². The predicted octanol–water partition coefficient (Wildman–Crippen LogP) is 5.69. The highest BCUT2D eigenvalue weighted by molar-refractivity contribution is 7.99. The molecule has 0 unspecified atom stereocenters. The van der Waals surface area contributed by atoms with Crippen molar-refractivity contribution in [2.45, 2.75) is 38.5 Å². The van der Waals surface area contributed by atoms with Crippen molar-refractivity contribution in [3.63, 3.8) is 0 Å². The van der Waals surface area contributed by atoms with Gasteiger partial charge >= 0.3 is 0 Å². The van der Waals surface area contributed by atoms with Crippen LogP contribution in [-0.2, 0) is 10.5 Å². The van der Waals surface area contributed by atoms with Crippen LogP contribution in [0.2, 0.25) is 5.02 Å². The zero-order valence-corrected chi connectivity index (χ0v) is 18.2. The number of halogens is 1. The van der Waals surface area contributed by atoms with Crippen LogP contribution in [0.3, 0.4) is 0 Å². The van der Waals surface area contributed by atoms with Gasteiger partial charge in [-0.25, -0.2) is 0 Å². The third kappa shape index (κ3) is 6.18. The summed E-state index contributed by atoms with van der Waals surface area (Å²) in [5.74, 6) is 2.13. The molecule has 2 aromatic rings. The molecule has 1 aliphatic heterocycles. The monoisotopic (exact) mass is 416 g/mol. The maximum atomic E-state index is 12.3. The van der Waals surface area contributed by atoms with E-state index in [0.717, 1.165) is 40.9 Å². The summed E-state index contributed by atoms with van der Waals surface area (Å²) in [6.45, 7) is 6.64. The number of benzene rings is 2. The maximum Gasteiger partial charge on any atom is 0.230 e. The highest BCUT2D eigenvalue weighted by atomic mass is 35.5. The minimum absolute atomic E-state index is 0.00898. The first-order valence-electron chi connectivity index (χ1n) is 9.97. The average Bonchev–Trinajstić information content (AvgIpc) is 2.69. The molecule has 3 nitrogen and oxygen atoms in total. The molecule has 5 heteroatoms. The topological polar surface area (TPSA) is 32.3 Å². The normalized spacial score (nSPS) is 16.0. The Bertz CT molecular complexity index is 772. The smallest absolute Gasteiger partial charge is 0.230 e. The van der Waals surface area contributed by atoms with Gasteiger partial charge in [-0.3, -0.25) is 4.79 Å². The fraction of sp³-hybridized carbons (Fsp3) is 0.435. The van der Waals surface area contributed by atoms with E-state index in [0.29, 0.717) is 5.75 Å². The van der Waals surface area contributed by atoms with Crippen molar-refractivity contribution in [3.8, 4) is 0 Å². The second kappa shape index (κ2) is 10.2. The van der Waals surface area contributed by atoms with E-state index in [1.54, 1.807) is 11.8 Å². The van der Waals surface area contributed by atoms with Crippen LogP contribution in [0.5, 0.6) is 0 Å². The van der Waals surface area contributed by atoms with Crippen molar-refractivity contribution in [2.24, 2.45) is 5.92 Å². The lowest BCUT2D eigenvalue weighted by Crippen LogP contribution is -2.32. The van der Waals surface area contributed by atoms with Crippen LogP contribution < -0.4 is 10.2 Å². The van der Waals surface area contributed by atoms with E-state index in [2.05, 4.69) is 41.4 Å². The summed E-state index contributed by atoms with van der Waals surface area (Å²) in [4.78, 5) is 14.7. The Balaban J connectivity index is 1.44. The molecule has 1 N–H and O–H groups in total. The molecule has 0 aliphatic carbocycles. The molecule has 0 bridgehead atoms. The van der Waals surface area contributed by atoms with Gasteiger partial charge in [-0.1, -0.05) is 42.8 Å². The molecule has 0 spiro atoms. The van der Waals surface area contributed by atoms with Crippen molar-refractivity contribution in [3.05, 3.63) is 64.7 Å². The van der Waals surface area contributed by atoms with Crippen molar-refractivity contribution in [1.29, 1.82) is 0 Å². The molecule has 0 radical (unpaired) electrons. The number of hydrogen-bond donors (Lipinski definition) is 1. The summed E-state index contributed by atoms with van der Waals surface area (Å²) in [5, 5.41) is 3.83. The maximum absolute atomic E-state index is 12.3. The quantitative estimate of drug-likeness (QED) is 0.629. The second-order valence-corrected chi connectivity index (χ2v) is 9.10. The number of nitrogens with zero attached hydrogens (tertiary/aromatic N) is 1. The number of amides is 1. The minimum atomic E-state index is 0.00898. The molecule has 1 amide bonds. The number of hydrogen-bond acceptors (Lipinski definition) is 3. The highest BCUT2D eigenvalue weighted by Crippen LogP contribution is 2.24. The summed E-state index contributed by atoms with van der Waals surface area (Å²) in [6.07, 6.45) is 2.53. The number of carbonyl (C=O) groups is 1. The number of anilines is 1. The van der Waals surface area contributed by atoms with Crippen molar-refractivity contribution in [2.75, 3.05) is 23.7 Å². The summed E-state index contributed by atoms with van der Waals surface area (Å²) in [5.41, 5.74) is 3.56. The van der Waals surface area contributed by atoms with Crippen LogP contribution in [0.4, 0.5) is 5.69 Å². The number of carbonyl (C=O) groups excluding carboxylic acids is 1. The first kappa shape index (κ1) is 21.1. The molecule has 1 fully saturated rings. The van der Waals surface area contributed by atoms with Gasteiger partial charge in [0.05, 0.1) is 11.8 Å². The molecule has 1 saturated heterocycles. The summed E-state index contributed by atoms with van der Waals surface area (Å²) < 4.78 is 0. The summed E-state index contributed by atoms with van der Waals surface area (Å²) in [7, 11) is 0. The molecule has 1 atom stereocenters. The van der Waals surface area contributed by atoms with Crippen molar-refractivity contribution < 1.29 is 4.79 Å². The largest absolute Gasteiger partial charge is 0.372 e. The fourth-order valence-electron chi connectivity index (χ4n) is 3.50. The van der Waals surface area contributed by atoms with Gasteiger partial charge in [-0.15, -0.1) is 11.8 Å². The van der Waals surface area contributed by atoms with E-state index in [-0.39, 0.29) is 11.9 Å². The Morgan fingerprint density at radius 3 is 2.61 bits per heavy atom. The first-order chi connectivity index (χ1) is 13.5. The van der Waals surface area contributed by atoms with Crippen LogP contribution in [0, 0.1) is 5.92 Å². The van der Waals surface area contributed by atoms with Crippen LogP contribution in [0.25, 0.3) is 0 Å². The zero-order chi connectivity index (χ0) is 19.9. The fourth-order valence-corrected chi connectivity index (χ4v) is 4.49. The van der Waals surface area contributed by atoms with E-state index in [1.165, 1.54) is 18.5 Å². The van der Waals surface area contributed by atoms with Gasteiger partial charge in [0, 0.05) is 29.6 Å². The first-order valence-corrected chi connectivity index (χ1v) is 11.5. The third-order valence-electron chi connectivity index (χ3n) is 5.31. The van der Waals surface area contributed by atoms with Gasteiger partial charge in [0.2, 0.25) is 5.91 Å². The van der Waals surface area contributed by atoms with E-state index >= 15 is 0 Å². The molecule has 0 aromatic heterocycles. The molecule has 0 saturated carbocycles. The second-order valence-electron chi connectivity index (χ2n) is 7.67. The van der Waals surface area contributed by atoms with Crippen molar-refractivity contribution in [1.82, 2.24) is 5.32 Å². The Kier molecular flexibility index (Phi) is 7.69. The Labute approximate surface area is 177 Å². The van der Waals surface area contributed by atoms with Gasteiger partial charge in [-0.05, 0) is 61.1 Å². The molecule has 2 aromatic carbocycles. The Morgan fingerprint density at radius 1 is 1.21 bits per heavy atom. The molecule has 28 heavy (non-hydrogen) atoms. The van der Waals surface area contributed by atoms with E-state index in [1.807, 2.05) is 31.2 Å². The highest BCUT2D eigenvalue weighted by Gasteiger charge is 2.16.